The van der Waals surface area contributed by atoms with Crippen molar-refractivity contribution in [3.05, 3.63) is 185 Å². The fourth-order valence-electron chi connectivity index (χ4n) is 7.27. The molecule has 49 heavy (non-hydrogen) atoms. The molecule has 0 unspecified atom stereocenters. The SMILES string of the molecule is Cc1cc(-c2ccc([C@H](C)c3ccc(F)cc3)c(C(c3ccccc3)(c3ccccc3)n3ncc4cc5c(cc43)NC(=O)NC5)c2)ccn1. The maximum Gasteiger partial charge on any atom is 0.319 e. The van der Waals surface area contributed by atoms with Gasteiger partial charge in [-0.1, -0.05) is 91.9 Å². The topological polar surface area (TPSA) is 71.8 Å². The van der Waals surface area contributed by atoms with E-state index in [0.717, 1.165) is 66.8 Å². The largest absolute Gasteiger partial charge is 0.334 e. The van der Waals surface area contributed by atoms with Crippen molar-refractivity contribution in [3.8, 4) is 11.1 Å². The Morgan fingerprint density at radius 1 is 0.816 bits per heavy atom. The van der Waals surface area contributed by atoms with E-state index in [1.165, 1.54) is 12.1 Å². The van der Waals surface area contributed by atoms with Crippen molar-refractivity contribution in [3.63, 3.8) is 0 Å². The van der Waals surface area contributed by atoms with Gasteiger partial charge in [-0.15, -0.1) is 0 Å². The normalized spacial score (nSPS) is 13.4. The standard InChI is InChI=1S/C42H34FN5O/c1-27-21-31(19-20-44-27)30-15-18-37(28(2)29-13-16-36(43)17-14-29)38(23-30)42(34-9-5-3-6-10-34,35-11-7-4-8-12-35)48-40-24-39-32(22-33(40)26-46-48)25-45-41(49)47-39/h3-24,26,28H,25H2,1-2H3,(H2,45,47,49)/t28-/m1/s1. The third-order valence-corrected chi connectivity index (χ3v) is 9.69. The highest BCUT2D eigenvalue weighted by Crippen LogP contribution is 2.47. The van der Waals surface area contributed by atoms with E-state index in [4.69, 9.17) is 5.10 Å². The van der Waals surface area contributed by atoms with E-state index >= 15 is 0 Å². The molecule has 0 saturated carbocycles. The summed E-state index contributed by atoms with van der Waals surface area (Å²) in [6.45, 7) is 4.61. The molecule has 0 bridgehead atoms. The second-order valence-electron chi connectivity index (χ2n) is 12.6. The summed E-state index contributed by atoms with van der Waals surface area (Å²) in [6, 6.07) is 42.4. The molecule has 1 aliphatic heterocycles. The number of pyridine rings is 1. The van der Waals surface area contributed by atoms with Crippen molar-refractivity contribution in [2.24, 2.45) is 0 Å². The molecule has 2 N–H and O–H groups in total. The summed E-state index contributed by atoms with van der Waals surface area (Å²) in [5.74, 6) is -0.369. The number of aromatic nitrogens is 3. The van der Waals surface area contributed by atoms with Crippen LogP contribution in [0.4, 0.5) is 14.9 Å². The highest BCUT2D eigenvalue weighted by atomic mass is 19.1. The Labute approximate surface area is 284 Å². The lowest BCUT2D eigenvalue weighted by molar-refractivity contribution is 0.251. The second-order valence-corrected chi connectivity index (χ2v) is 12.6. The number of nitrogens with one attached hydrogen (secondary N) is 2. The first-order chi connectivity index (χ1) is 23.9. The first-order valence-corrected chi connectivity index (χ1v) is 16.4. The van der Waals surface area contributed by atoms with E-state index in [0.29, 0.717) is 6.54 Å². The fraction of sp³-hybridized carbons (Fsp3) is 0.119. The Morgan fingerprint density at radius 3 is 2.20 bits per heavy atom. The summed E-state index contributed by atoms with van der Waals surface area (Å²) in [7, 11) is 0. The Kier molecular flexibility index (Phi) is 7.52. The van der Waals surface area contributed by atoms with E-state index in [1.807, 2.05) is 55.7 Å². The number of anilines is 1. The van der Waals surface area contributed by atoms with Gasteiger partial charge in [-0.2, -0.15) is 5.10 Å². The number of rotatable bonds is 7. The maximum absolute atomic E-state index is 14.2. The van der Waals surface area contributed by atoms with E-state index in [9.17, 15) is 9.18 Å². The summed E-state index contributed by atoms with van der Waals surface area (Å²) >= 11 is 0. The fourth-order valence-corrected chi connectivity index (χ4v) is 7.27. The van der Waals surface area contributed by atoms with Crippen LogP contribution < -0.4 is 10.6 Å². The molecule has 6 nitrogen and oxygen atoms in total. The van der Waals surface area contributed by atoms with Crippen LogP contribution in [0.25, 0.3) is 22.0 Å². The summed E-state index contributed by atoms with van der Waals surface area (Å²) < 4.78 is 16.3. The number of amides is 2. The van der Waals surface area contributed by atoms with Crippen molar-refractivity contribution in [1.82, 2.24) is 20.1 Å². The van der Waals surface area contributed by atoms with E-state index < -0.39 is 5.54 Å². The van der Waals surface area contributed by atoms with E-state index in [-0.39, 0.29) is 17.8 Å². The number of halogens is 1. The molecule has 7 heteroatoms. The van der Waals surface area contributed by atoms with Crippen LogP contribution in [-0.4, -0.2) is 20.8 Å². The van der Waals surface area contributed by atoms with Crippen LogP contribution in [-0.2, 0) is 12.1 Å². The van der Waals surface area contributed by atoms with Gasteiger partial charge in [0.05, 0.1) is 11.7 Å². The number of nitrogens with zero attached hydrogens (tertiary/aromatic N) is 3. The molecule has 8 rings (SSSR count). The summed E-state index contributed by atoms with van der Waals surface area (Å²) in [4.78, 5) is 16.9. The molecule has 0 aliphatic carbocycles. The average molecular weight is 644 g/mol. The molecular formula is C42H34FN5O. The van der Waals surface area contributed by atoms with Gasteiger partial charge in [-0.3, -0.25) is 4.98 Å². The highest BCUT2D eigenvalue weighted by Gasteiger charge is 2.43. The average Bonchev–Trinajstić information content (AvgIpc) is 3.54. The van der Waals surface area contributed by atoms with Crippen molar-refractivity contribution >= 4 is 22.6 Å². The first-order valence-electron chi connectivity index (χ1n) is 16.4. The number of fused-ring (bicyclic) bond motifs is 2. The number of aryl methyl sites for hydroxylation is 1. The van der Waals surface area contributed by atoms with Gasteiger partial charge in [-0.25, -0.2) is 13.9 Å². The minimum Gasteiger partial charge on any atom is -0.334 e. The molecule has 0 saturated heterocycles. The molecule has 0 fully saturated rings. The van der Waals surface area contributed by atoms with Crippen LogP contribution >= 0.6 is 0 Å². The molecule has 0 radical (unpaired) electrons. The zero-order chi connectivity index (χ0) is 33.5. The number of urea groups is 1. The smallest absolute Gasteiger partial charge is 0.319 e. The number of benzene rings is 5. The lowest BCUT2D eigenvalue weighted by Gasteiger charge is -2.39. The highest BCUT2D eigenvalue weighted by molar-refractivity contribution is 5.96. The third kappa shape index (κ3) is 5.24. The molecule has 1 aliphatic rings. The second kappa shape index (κ2) is 12.2. The van der Waals surface area contributed by atoms with Crippen LogP contribution in [0.3, 0.4) is 0 Å². The molecule has 2 amide bonds. The lowest BCUT2D eigenvalue weighted by atomic mass is 9.72. The van der Waals surface area contributed by atoms with E-state index in [2.05, 4.69) is 106 Å². The molecule has 0 spiro atoms. The number of hydrogen-bond donors (Lipinski definition) is 2. The van der Waals surface area contributed by atoms with Crippen molar-refractivity contribution in [2.75, 3.05) is 5.32 Å². The van der Waals surface area contributed by atoms with Crippen molar-refractivity contribution in [2.45, 2.75) is 31.8 Å². The Balaban J connectivity index is 1.51. The molecule has 5 aromatic carbocycles. The van der Waals surface area contributed by atoms with Crippen LogP contribution in [0.1, 0.15) is 51.9 Å². The summed E-state index contributed by atoms with van der Waals surface area (Å²) in [6.07, 6.45) is 3.75. The zero-order valence-electron chi connectivity index (χ0n) is 27.2. The van der Waals surface area contributed by atoms with Gasteiger partial charge >= 0.3 is 6.03 Å². The molecule has 3 heterocycles. The maximum atomic E-state index is 14.2. The van der Waals surface area contributed by atoms with Crippen LogP contribution in [0.2, 0.25) is 0 Å². The Hall–Kier alpha value is -6.08. The predicted octanol–water partition coefficient (Wildman–Crippen LogP) is 9.17. The van der Waals surface area contributed by atoms with Gasteiger partial charge in [0.25, 0.3) is 0 Å². The minimum absolute atomic E-state index is 0.101. The van der Waals surface area contributed by atoms with Crippen molar-refractivity contribution < 1.29 is 9.18 Å². The zero-order valence-corrected chi connectivity index (χ0v) is 27.2. The molecule has 2 aromatic heterocycles. The third-order valence-electron chi connectivity index (χ3n) is 9.69. The minimum atomic E-state index is -0.975. The Morgan fingerprint density at radius 2 is 1.51 bits per heavy atom. The molecule has 7 aromatic rings. The van der Waals surface area contributed by atoms with Gasteiger partial charge < -0.3 is 10.6 Å². The summed E-state index contributed by atoms with van der Waals surface area (Å²) in [5.41, 5.74) is 9.82. The predicted molar refractivity (Wildman–Crippen MR) is 192 cm³/mol. The van der Waals surface area contributed by atoms with E-state index in [1.54, 1.807) is 0 Å². The van der Waals surface area contributed by atoms with Gasteiger partial charge in [0, 0.05) is 35.4 Å². The quantitative estimate of drug-likeness (QED) is 0.170. The van der Waals surface area contributed by atoms with Crippen LogP contribution in [0, 0.1) is 12.7 Å². The van der Waals surface area contributed by atoms with Crippen LogP contribution in [0.15, 0.2) is 140 Å². The molecule has 1 atom stereocenters. The monoisotopic (exact) mass is 643 g/mol. The lowest BCUT2D eigenvalue weighted by Crippen LogP contribution is -2.40. The van der Waals surface area contributed by atoms with Gasteiger partial charge in [0.1, 0.15) is 11.4 Å². The number of carbonyl (C=O) groups is 1. The van der Waals surface area contributed by atoms with Gasteiger partial charge in [0.15, 0.2) is 0 Å². The first kappa shape index (κ1) is 30.3. The van der Waals surface area contributed by atoms with Gasteiger partial charge in [0.2, 0.25) is 0 Å². The number of hydrogen-bond acceptors (Lipinski definition) is 3. The Bertz CT molecular complexity index is 2280. The number of carbonyl (C=O) groups excluding carboxylic acids is 1. The van der Waals surface area contributed by atoms with Crippen molar-refractivity contribution in [1.29, 1.82) is 0 Å². The molecular weight excluding hydrogens is 609 g/mol. The molecule has 240 valence electrons. The van der Waals surface area contributed by atoms with Crippen LogP contribution in [0.5, 0.6) is 0 Å². The van der Waals surface area contributed by atoms with Gasteiger partial charge in [-0.05, 0) is 93.9 Å². The summed E-state index contributed by atoms with van der Waals surface area (Å²) in [5, 5.41) is 12.1.